The van der Waals surface area contributed by atoms with E-state index in [9.17, 15) is 4.79 Å². The van der Waals surface area contributed by atoms with Crippen molar-refractivity contribution in [1.82, 2.24) is 0 Å². The number of aldehydes is 1. The van der Waals surface area contributed by atoms with Gasteiger partial charge in [-0.3, -0.25) is 4.79 Å². The minimum absolute atomic E-state index is 0.0963. The smallest absolute Gasteiger partial charge is 0.160 e. The van der Waals surface area contributed by atoms with Gasteiger partial charge >= 0.3 is 0 Å². The van der Waals surface area contributed by atoms with Gasteiger partial charge in [-0.1, -0.05) is 30.3 Å². The predicted molar refractivity (Wildman–Crippen MR) is 74.3 cm³/mol. The van der Waals surface area contributed by atoms with E-state index >= 15 is 0 Å². The molecule has 1 aromatic carbocycles. The van der Waals surface area contributed by atoms with Crippen molar-refractivity contribution in [2.75, 3.05) is 18.1 Å². The third kappa shape index (κ3) is 3.18. The molecule has 94 valence electrons. The minimum atomic E-state index is 0.0963. The summed E-state index contributed by atoms with van der Waals surface area (Å²) in [5.41, 5.74) is 2.17. The molecule has 0 fully saturated rings. The SMILES string of the molecule is O=Cc1cc(N(CCO)Cc2ccccc2)cs1. The summed E-state index contributed by atoms with van der Waals surface area (Å²) in [5, 5.41) is 11.1. The normalized spacial score (nSPS) is 10.3. The molecule has 0 aliphatic rings. The van der Waals surface area contributed by atoms with Crippen molar-refractivity contribution in [3.8, 4) is 0 Å². The van der Waals surface area contributed by atoms with E-state index in [0.717, 1.165) is 18.5 Å². The zero-order valence-electron chi connectivity index (χ0n) is 9.95. The van der Waals surface area contributed by atoms with Crippen LogP contribution in [-0.4, -0.2) is 24.5 Å². The molecule has 0 unspecified atom stereocenters. The van der Waals surface area contributed by atoms with Crippen molar-refractivity contribution < 1.29 is 9.90 Å². The molecular weight excluding hydrogens is 246 g/mol. The molecule has 2 rings (SSSR count). The molecule has 18 heavy (non-hydrogen) atoms. The number of hydrogen-bond acceptors (Lipinski definition) is 4. The maximum atomic E-state index is 10.7. The maximum Gasteiger partial charge on any atom is 0.160 e. The Morgan fingerprint density at radius 2 is 2.06 bits per heavy atom. The Morgan fingerprint density at radius 3 is 2.67 bits per heavy atom. The molecule has 3 nitrogen and oxygen atoms in total. The maximum absolute atomic E-state index is 10.7. The molecule has 0 saturated heterocycles. The van der Waals surface area contributed by atoms with Gasteiger partial charge in [0.05, 0.1) is 11.5 Å². The highest BCUT2D eigenvalue weighted by Gasteiger charge is 2.09. The quantitative estimate of drug-likeness (QED) is 0.812. The van der Waals surface area contributed by atoms with Crippen LogP contribution in [0.2, 0.25) is 0 Å². The van der Waals surface area contributed by atoms with Crippen LogP contribution >= 0.6 is 11.3 Å². The summed E-state index contributed by atoms with van der Waals surface area (Å²) in [6.45, 7) is 1.39. The number of aliphatic hydroxyl groups is 1. The molecule has 1 N–H and O–H groups in total. The van der Waals surface area contributed by atoms with Gasteiger partial charge in [0.15, 0.2) is 6.29 Å². The number of carbonyl (C=O) groups excluding carboxylic acids is 1. The molecule has 0 atom stereocenters. The van der Waals surface area contributed by atoms with Gasteiger partial charge in [-0.05, 0) is 11.6 Å². The zero-order chi connectivity index (χ0) is 12.8. The lowest BCUT2D eigenvalue weighted by Crippen LogP contribution is -2.25. The van der Waals surface area contributed by atoms with Gasteiger partial charge in [0, 0.05) is 24.2 Å². The van der Waals surface area contributed by atoms with Crippen molar-refractivity contribution in [1.29, 1.82) is 0 Å². The number of benzene rings is 1. The number of carbonyl (C=O) groups is 1. The number of hydrogen-bond donors (Lipinski definition) is 1. The van der Waals surface area contributed by atoms with E-state index in [-0.39, 0.29) is 6.61 Å². The molecule has 0 amide bonds. The van der Waals surface area contributed by atoms with E-state index in [1.54, 1.807) is 0 Å². The van der Waals surface area contributed by atoms with Crippen LogP contribution in [0.15, 0.2) is 41.8 Å². The second kappa shape index (κ2) is 6.33. The fourth-order valence-corrected chi connectivity index (χ4v) is 2.51. The average molecular weight is 261 g/mol. The Bertz CT molecular complexity index is 496. The van der Waals surface area contributed by atoms with E-state index < -0.39 is 0 Å². The standard InChI is InChI=1S/C14H15NO2S/c16-7-6-15(9-12-4-2-1-3-5-12)13-8-14(10-17)18-11-13/h1-5,8,10-11,16H,6-7,9H2. The van der Waals surface area contributed by atoms with Gasteiger partial charge in [-0.25, -0.2) is 0 Å². The number of anilines is 1. The van der Waals surface area contributed by atoms with Crippen molar-refractivity contribution in [3.05, 3.63) is 52.2 Å². The summed E-state index contributed by atoms with van der Waals surface area (Å²) in [6, 6.07) is 11.9. The Morgan fingerprint density at radius 1 is 1.28 bits per heavy atom. The van der Waals surface area contributed by atoms with Crippen molar-refractivity contribution in [2.45, 2.75) is 6.54 Å². The summed E-state index contributed by atoms with van der Waals surface area (Å²) in [5.74, 6) is 0. The lowest BCUT2D eigenvalue weighted by Gasteiger charge is -2.22. The lowest BCUT2D eigenvalue weighted by molar-refractivity contribution is 0.112. The zero-order valence-corrected chi connectivity index (χ0v) is 10.8. The number of nitrogens with zero attached hydrogens (tertiary/aromatic N) is 1. The topological polar surface area (TPSA) is 40.5 Å². The van der Waals surface area contributed by atoms with E-state index in [1.807, 2.05) is 29.6 Å². The third-order valence-electron chi connectivity index (χ3n) is 2.67. The molecule has 0 spiro atoms. The lowest BCUT2D eigenvalue weighted by atomic mass is 10.2. The largest absolute Gasteiger partial charge is 0.395 e. The highest BCUT2D eigenvalue weighted by molar-refractivity contribution is 7.12. The predicted octanol–water partition coefficient (Wildman–Crippen LogP) is 2.56. The highest BCUT2D eigenvalue weighted by Crippen LogP contribution is 2.23. The molecule has 1 heterocycles. The molecule has 0 bridgehead atoms. The van der Waals surface area contributed by atoms with E-state index in [1.165, 1.54) is 16.9 Å². The van der Waals surface area contributed by atoms with Gasteiger partial charge in [-0.2, -0.15) is 0 Å². The minimum Gasteiger partial charge on any atom is -0.395 e. The molecule has 0 aliphatic heterocycles. The molecular formula is C14H15NO2S. The first kappa shape index (κ1) is 12.8. The third-order valence-corrected chi connectivity index (χ3v) is 3.52. The average Bonchev–Trinajstić information content (AvgIpc) is 2.88. The van der Waals surface area contributed by atoms with Crippen LogP contribution in [0, 0.1) is 0 Å². The monoisotopic (exact) mass is 261 g/mol. The van der Waals surface area contributed by atoms with Crippen LogP contribution in [0.3, 0.4) is 0 Å². The number of rotatable bonds is 6. The molecule has 2 aromatic rings. The van der Waals surface area contributed by atoms with Crippen LogP contribution in [0.5, 0.6) is 0 Å². The van der Waals surface area contributed by atoms with Crippen LogP contribution in [0.4, 0.5) is 5.69 Å². The Kier molecular flexibility index (Phi) is 4.50. The van der Waals surface area contributed by atoms with Gasteiger partial charge < -0.3 is 10.0 Å². The van der Waals surface area contributed by atoms with E-state index in [0.29, 0.717) is 11.4 Å². The molecule has 0 saturated carbocycles. The Balaban J connectivity index is 2.15. The van der Waals surface area contributed by atoms with Gasteiger partial charge in [0.25, 0.3) is 0 Å². The van der Waals surface area contributed by atoms with Crippen molar-refractivity contribution in [3.63, 3.8) is 0 Å². The van der Waals surface area contributed by atoms with Gasteiger partial charge in [-0.15, -0.1) is 11.3 Å². The van der Waals surface area contributed by atoms with Crippen LogP contribution < -0.4 is 4.90 Å². The summed E-state index contributed by atoms with van der Waals surface area (Å²) in [4.78, 5) is 13.5. The van der Waals surface area contributed by atoms with Gasteiger partial charge in [0.2, 0.25) is 0 Å². The summed E-state index contributed by atoms with van der Waals surface area (Å²) < 4.78 is 0. The summed E-state index contributed by atoms with van der Waals surface area (Å²) in [7, 11) is 0. The summed E-state index contributed by atoms with van der Waals surface area (Å²) >= 11 is 1.42. The highest BCUT2D eigenvalue weighted by atomic mass is 32.1. The fourth-order valence-electron chi connectivity index (χ4n) is 1.79. The molecule has 1 aromatic heterocycles. The van der Waals surface area contributed by atoms with E-state index in [4.69, 9.17) is 5.11 Å². The van der Waals surface area contributed by atoms with Crippen molar-refractivity contribution >= 4 is 23.3 Å². The Hall–Kier alpha value is -1.65. The fraction of sp³-hybridized carbons (Fsp3) is 0.214. The van der Waals surface area contributed by atoms with Gasteiger partial charge in [0.1, 0.15) is 0 Å². The number of aliphatic hydroxyl groups excluding tert-OH is 1. The first-order valence-electron chi connectivity index (χ1n) is 5.77. The van der Waals surface area contributed by atoms with Crippen LogP contribution in [-0.2, 0) is 6.54 Å². The first-order chi connectivity index (χ1) is 8.83. The van der Waals surface area contributed by atoms with Crippen LogP contribution in [0.25, 0.3) is 0 Å². The Labute approximate surface area is 110 Å². The second-order valence-corrected chi connectivity index (χ2v) is 4.90. The molecule has 4 heteroatoms. The summed E-state index contributed by atoms with van der Waals surface area (Å²) in [6.07, 6.45) is 0.855. The van der Waals surface area contributed by atoms with Crippen LogP contribution in [0.1, 0.15) is 15.2 Å². The second-order valence-electron chi connectivity index (χ2n) is 3.96. The molecule has 0 aliphatic carbocycles. The molecule has 0 radical (unpaired) electrons. The first-order valence-corrected chi connectivity index (χ1v) is 6.65. The van der Waals surface area contributed by atoms with Crippen molar-refractivity contribution in [2.24, 2.45) is 0 Å². The number of thiophene rings is 1. The van der Waals surface area contributed by atoms with E-state index in [2.05, 4.69) is 17.0 Å².